The van der Waals surface area contributed by atoms with Crippen LogP contribution in [0.25, 0.3) is 0 Å². The highest BCUT2D eigenvalue weighted by Crippen LogP contribution is 2.18. The fourth-order valence-electron chi connectivity index (χ4n) is 1.55. The van der Waals surface area contributed by atoms with E-state index in [1.807, 2.05) is 19.1 Å². The molecule has 1 atom stereocenters. The number of aryl methyl sites for hydroxylation is 1. The van der Waals surface area contributed by atoms with Crippen molar-refractivity contribution in [2.45, 2.75) is 26.3 Å². The smallest absolute Gasteiger partial charge is 0.248 e. The minimum Gasteiger partial charge on any atom is -0.374 e. The molecule has 0 spiro atoms. The molecule has 1 heterocycles. The van der Waals surface area contributed by atoms with Gasteiger partial charge in [0, 0.05) is 10.7 Å². The van der Waals surface area contributed by atoms with Crippen molar-refractivity contribution in [1.82, 2.24) is 10.2 Å². The van der Waals surface area contributed by atoms with Gasteiger partial charge in [-0.25, -0.2) is 0 Å². The lowest BCUT2D eigenvalue weighted by atomic mass is 10.2. The van der Waals surface area contributed by atoms with Crippen LogP contribution in [0, 0.1) is 0 Å². The summed E-state index contributed by atoms with van der Waals surface area (Å²) < 4.78 is 0. The molecule has 0 saturated heterocycles. The molecule has 0 aliphatic carbocycles. The number of amides is 1. The summed E-state index contributed by atoms with van der Waals surface area (Å²) in [6, 6.07) is 6.84. The van der Waals surface area contributed by atoms with Crippen LogP contribution in [-0.4, -0.2) is 22.1 Å². The number of benzene rings is 1. The molecule has 7 heteroatoms. The van der Waals surface area contributed by atoms with Gasteiger partial charge in [0.1, 0.15) is 11.0 Å². The minimum absolute atomic E-state index is 0.163. The van der Waals surface area contributed by atoms with E-state index >= 15 is 0 Å². The van der Waals surface area contributed by atoms with E-state index in [-0.39, 0.29) is 5.91 Å². The molecule has 1 aromatic carbocycles. The van der Waals surface area contributed by atoms with E-state index in [1.54, 1.807) is 19.1 Å². The van der Waals surface area contributed by atoms with Crippen molar-refractivity contribution in [3.05, 3.63) is 34.3 Å². The van der Waals surface area contributed by atoms with Gasteiger partial charge in [0.05, 0.1) is 0 Å². The van der Waals surface area contributed by atoms with Crippen molar-refractivity contribution in [2.24, 2.45) is 0 Å². The summed E-state index contributed by atoms with van der Waals surface area (Å²) >= 11 is 7.28. The number of hydrogen-bond acceptors (Lipinski definition) is 5. The normalized spacial score (nSPS) is 11.9. The van der Waals surface area contributed by atoms with Crippen LogP contribution in [0.3, 0.4) is 0 Å². The van der Waals surface area contributed by atoms with Crippen molar-refractivity contribution >= 4 is 39.7 Å². The second kappa shape index (κ2) is 6.67. The molecule has 0 bridgehead atoms. The molecule has 2 rings (SSSR count). The lowest BCUT2D eigenvalue weighted by Crippen LogP contribution is -2.31. The predicted molar refractivity (Wildman–Crippen MR) is 82.5 cm³/mol. The zero-order valence-electron chi connectivity index (χ0n) is 11.2. The van der Waals surface area contributed by atoms with Crippen LogP contribution in [0.2, 0.25) is 5.02 Å². The molecule has 20 heavy (non-hydrogen) atoms. The maximum Gasteiger partial charge on any atom is 0.248 e. The van der Waals surface area contributed by atoms with Gasteiger partial charge < -0.3 is 5.32 Å². The van der Waals surface area contributed by atoms with Gasteiger partial charge in [0.15, 0.2) is 0 Å². The van der Waals surface area contributed by atoms with Gasteiger partial charge in [-0.05, 0) is 31.5 Å². The first kappa shape index (κ1) is 14.7. The predicted octanol–water partition coefficient (Wildman–Crippen LogP) is 3.19. The Labute approximate surface area is 126 Å². The number of carbonyl (C=O) groups excluding carboxylic acids is 1. The van der Waals surface area contributed by atoms with Gasteiger partial charge in [0.2, 0.25) is 11.0 Å². The molecule has 2 aromatic rings. The number of rotatable bonds is 5. The van der Waals surface area contributed by atoms with Crippen molar-refractivity contribution in [3.8, 4) is 0 Å². The summed E-state index contributed by atoms with van der Waals surface area (Å²) in [4.78, 5) is 12.0. The molecule has 2 N–H and O–H groups in total. The molecule has 0 unspecified atom stereocenters. The number of nitrogens with one attached hydrogen (secondary N) is 2. The summed E-state index contributed by atoms with van der Waals surface area (Å²) in [7, 11) is 0. The first-order valence-electron chi connectivity index (χ1n) is 6.24. The fraction of sp³-hybridized carbons (Fsp3) is 0.308. The molecule has 5 nitrogen and oxygen atoms in total. The van der Waals surface area contributed by atoms with Crippen molar-refractivity contribution in [3.63, 3.8) is 0 Å². The average molecular weight is 311 g/mol. The Balaban J connectivity index is 1.95. The quantitative estimate of drug-likeness (QED) is 0.890. The monoisotopic (exact) mass is 310 g/mol. The molecule has 0 aliphatic rings. The summed E-state index contributed by atoms with van der Waals surface area (Å²) in [6.45, 7) is 3.77. The van der Waals surface area contributed by atoms with E-state index < -0.39 is 6.04 Å². The molecule has 0 fully saturated rings. The fourth-order valence-corrected chi connectivity index (χ4v) is 2.43. The van der Waals surface area contributed by atoms with Crippen LogP contribution in [0.5, 0.6) is 0 Å². The van der Waals surface area contributed by atoms with E-state index in [4.69, 9.17) is 11.6 Å². The summed E-state index contributed by atoms with van der Waals surface area (Å²) in [5.41, 5.74) is 0.798. The van der Waals surface area contributed by atoms with Crippen LogP contribution in [-0.2, 0) is 11.2 Å². The topological polar surface area (TPSA) is 66.9 Å². The molecule has 1 amide bonds. The summed E-state index contributed by atoms with van der Waals surface area (Å²) in [6.07, 6.45) is 0.809. The van der Waals surface area contributed by atoms with Gasteiger partial charge in [-0.2, -0.15) is 0 Å². The molecule has 0 radical (unpaired) electrons. The number of anilines is 2. The number of nitrogens with zero attached hydrogens (tertiary/aromatic N) is 2. The van der Waals surface area contributed by atoms with Crippen LogP contribution in [0.4, 0.5) is 10.8 Å². The highest BCUT2D eigenvalue weighted by molar-refractivity contribution is 7.15. The second-order valence-electron chi connectivity index (χ2n) is 4.22. The van der Waals surface area contributed by atoms with Gasteiger partial charge in [0.25, 0.3) is 0 Å². The van der Waals surface area contributed by atoms with Crippen molar-refractivity contribution in [2.75, 3.05) is 10.6 Å². The van der Waals surface area contributed by atoms with Gasteiger partial charge in [-0.1, -0.05) is 35.9 Å². The zero-order chi connectivity index (χ0) is 14.5. The maximum atomic E-state index is 12.0. The average Bonchev–Trinajstić information content (AvgIpc) is 2.86. The number of halogens is 1. The summed E-state index contributed by atoms with van der Waals surface area (Å²) in [5, 5.41) is 15.7. The lowest BCUT2D eigenvalue weighted by molar-refractivity contribution is -0.116. The van der Waals surface area contributed by atoms with Crippen LogP contribution < -0.4 is 10.6 Å². The SMILES string of the molecule is CCc1nnc(NC(=O)[C@H](C)Nc2cccc(Cl)c2)s1. The molecule has 0 saturated carbocycles. The van der Waals surface area contributed by atoms with Crippen LogP contribution in [0.15, 0.2) is 24.3 Å². The number of aromatic nitrogens is 2. The third kappa shape index (κ3) is 3.91. The van der Waals surface area contributed by atoms with E-state index in [1.165, 1.54) is 11.3 Å². The number of hydrogen-bond donors (Lipinski definition) is 2. The molecule has 106 valence electrons. The first-order chi connectivity index (χ1) is 9.58. The lowest BCUT2D eigenvalue weighted by Gasteiger charge is -2.14. The highest BCUT2D eigenvalue weighted by Gasteiger charge is 2.15. The Kier molecular flexibility index (Phi) is 4.92. The third-order valence-electron chi connectivity index (χ3n) is 2.60. The largest absolute Gasteiger partial charge is 0.374 e. The van der Waals surface area contributed by atoms with Crippen LogP contribution in [0.1, 0.15) is 18.9 Å². The first-order valence-corrected chi connectivity index (χ1v) is 7.43. The van der Waals surface area contributed by atoms with Crippen LogP contribution >= 0.6 is 22.9 Å². The third-order valence-corrected chi connectivity index (χ3v) is 3.82. The molecule has 0 aliphatic heterocycles. The van der Waals surface area contributed by atoms with Gasteiger partial charge in [-0.3, -0.25) is 10.1 Å². The minimum atomic E-state index is -0.401. The molecule has 1 aromatic heterocycles. The Morgan fingerprint density at radius 2 is 2.25 bits per heavy atom. The van der Waals surface area contributed by atoms with E-state index in [0.717, 1.165) is 17.1 Å². The summed E-state index contributed by atoms with van der Waals surface area (Å²) in [5.74, 6) is -0.163. The Morgan fingerprint density at radius 3 is 2.90 bits per heavy atom. The van der Waals surface area contributed by atoms with E-state index in [9.17, 15) is 4.79 Å². The van der Waals surface area contributed by atoms with E-state index in [2.05, 4.69) is 20.8 Å². The second-order valence-corrected chi connectivity index (χ2v) is 5.72. The Hall–Kier alpha value is -1.66. The van der Waals surface area contributed by atoms with Gasteiger partial charge >= 0.3 is 0 Å². The molecular weight excluding hydrogens is 296 g/mol. The van der Waals surface area contributed by atoms with E-state index in [0.29, 0.717) is 10.2 Å². The Bertz CT molecular complexity index is 602. The van der Waals surface area contributed by atoms with Crippen molar-refractivity contribution in [1.29, 1.82) is 0 Å². The van der Waals surface area contributed by atoms with Gasteiger partial charge in [-0.15, -0.1) is 10.2 Å². The standard InChI is InChI=1S/C13H15ClN4OS/c1-3-11-17-18-13(20-11)16-12(19)8(2)15-10-6-4-5-9(14)7-10/h4-8,15H,3H2,1-2H3,(H,16,18,19)/t8-/m0/s1. The zero-order valence-corrected chi connectivity index (χ0v) is 12.8. The number of carbonyl (C=O) groups is 1. The molecular formula is C13H15ClN4OS. The Morgan fingerprint density at radius 1 is 1.45 bits per heavy atom. The highest BCUT2D eigenvalue weighted by atomic mass is 35.5. The van der Waals surface area contributed by atoms with Crippen molar-refractivity contribution < 1.29 is 4.79 Å². The maximum absolute atomic E-state index is 12.0.